The number of benzene rings is 4. The number of carbonyl (C=O) groups is 1. The van der Waals surface area contributed by atoms with Crippen LogP contribution in [0.3, 0.4) is 0 Å². The maximum atomic E-state index is 12.6. The van der Waals surface area contributed by atoms with Gasteiger partial charge in [0.15, 0.2) is 5.78 Å². The molecule has 0 spiro atoms. The van der Waals surface area contributed by atoms with Gasteiger partial charge in [0.1, 0.15) is 0 Å². The minimum atomic E-state index is 0.150. The average Bonchev–Trinajstić information content (AvgIpc) is 3.39. The van der Waals surface area contributed by atoms with Gasteiger partial charge in [0.25, 0.3) is 0 Å². The third-order valence-electron chi connectivity index (χ3n) is 6.41. The Balaban J connectivity index is 1.31. The van der Waals surface area contributed by atoms with Gasteiger partial charge in [-0.05, 0) is 46.0 Å². The summed E-state index contributed by atoms with van der Waals surface area (Å²) in [5.74, 6) is 0.150. The van der Waals surface area contributed by atoms with Crippen molar-refractivity contribution in [3.63, 3.8) is 0 Å². The third kappa shape index (κ3) is 5.28. The maximum Gasteiger partial charge on any atom is 0.163 e. The zero-order valence-corrected chi connectivity index (χ0v) is 20.4. The van der Waals surface area contributed by atoms with E-state index in [0.29, 0.717) is 13.0 Å². The van der Waals surface area contributed by atoms with Crippen molar-refractivity contribution in [2.75, 3.05) is 5.32 Å². The molecule has 0 unspecified atom stereocenters. The van der Waals surface area contributed by atoms with Crippen LogP contribution in [0.1, 0.15) is 35.0 Å². The van der Waals surface area contributed by atoms with E-state index in [4.69, 9.17) is 0 Å². The van der Waals surface area contributed by atoms with Crippen molar-refractivity contribution in [1.29, 1.82) is 0 Å². The maximum absolute atomic E-state index is 12.6. The monoisotopic (exact) mass is 471 g/mol. The third-order valence-corrected chi connectivity index (χ3v) is 6.41. The molecule has 0 bridgehead atoms. The van der Waals surface area contributed by atoms with Crippen molar-refractivity contribution in [2.24, 2.45) is 0 Å². The van der Waals surface area contributed by atoms with Crippen LogP contribution in [-0.4, -0.2) is 15.3 Å². The number of rotatable bonds is 9. The number of anilines is 1. The lowest BCUT2D eigenvalue weighted by Gasteiger charge is -2.14. The Kier molecular flexibility index (Phi) is 7.04. The lowest BCUT2D eigenvalue weighted by Crippen LogP contribution is -2.08. The molecule has 0 amide bonds. The highest BCUT2D eigenvalue weighted by Crippen LogP contribution is 2.28. The van der Waals surface area contributed by atoms with Crippen molar-refractivity contribution in [3.05, 3.63) is 132 Å². The molecule has 0 fully saturated rings. The first-order valence-corrected chi connectivity index (χ1v) is 12.3. The Labute approximate surface area is 212 Å². The summed E-state index contributed by atoms with van der Waals surface area (Å²) in [6.45, 7) is 3.29. The summed E-state index contributed by atoms with van der Waals surface area (Å²) in [6.07, 6.45) is 4.26. The highest BCUT2D eigenvalue weighted by Gasteiger charge is 2.13. The van der Waals surface area contributed by atoms with E-state index in [-0.39, 0.29) is 5.78 Å². The van der Waals surface area contributed by atoms with E-state index in [2.05, 4.69) is 69.5 Å². The molecule has 4 nitrogen and oxygen atoms in total. The van der Waals surface area contributed by atoms with Gasteiger partial charge in [-0.25, -0.2) is 4.98 Å². The number of nitrogens with one attached hydrogen (secondary N) is 1. The van der Waals surface area contributed by atoms with Crippen molar-refractivity contribution >= 4 is 11.5 Å². The van der Waals surface area contributed by atoms with Crippen LogP contribution in [0.2, 0.25) is 0 Å². The number of hydrogen-bond acceptors (Lipinski definition) is 3. The van der Waals surface area contributed by atoms with E-state index in [9.17, 15) is 4.79 Å². The van der Waals surface area contributed by atoms with Crippen LogP contribution >= 0.6 is 0 Å². The van der Waals surface area contributed by atoms with Gasteiger partial charge in [0, 0.05) is 30.4 Å². The molecule has 0 saturated heterocycles. The van der Waals surface area contributed by atoms with Crippen LogP contribution < -0.4 is 5.32 Å². The molecule has 0 radical (unpaired) electrons. The van der Waals surface area contributed by atoms with Crippen molar-refractivity contribution < 1.29 is 4.79 Å². The molecule has 0 aliphatic carbocycles. The first-order chi connectivity index (χ1) is 17.7. The van der Waals surface area contributed by atoms with Crippen LogP contribution in [0.5, 0.6) is 0 Å². The van der Waals surface area contributed by atoms with Gasteiger partial charge >= 0.3 is 0 Å². The Morgan fingerprint density at radius 3 is 2.17 bits per heavy atom. The lowest BCUT2D eigenvalue weighted by atomic mass is 9.95. The first-order valence-electron chi connectivity index (χ1n) is 12.3. The number of imidazole rings is 1. The largest absolute Gasteiger partial charge is 0.379 e. The predicted molar refractivity (Wildman–Crippen MR) is 147 cm³/mol. The summed E-state index contributed by atoms with van der Waals surface area (Å²) in [5, 5.41) is 3.53. The van der Waals surface area contributed by atoms with Crippen LogP contribution in [-0.2, 0) is 13.1 Å². The minimum Gasteiger partial charge on any atom is -0.379 e. The summed E-state index contributed by atoms with van der Waals surface area (Å²) < 4.78 is 2.16. The van der Waals surface area contributed by atoms with E-state index in [1.165, 1.54) is 16.7 Å². The van der Waals surface area contributed by atoms with Gasteiger partial charge in [-0.3, -0.25) is 4.79 Å². The van der Waals surface area contributed by atoms with Gasteiger partial charge in [-0.1, -0.05) is 91.9 Å². The summed E-state index contributed by atoms with van der Waals surface area (Å²) in [6, 6.07) is 35.2. The molecule has 5 aromatic rings. The molecule has 0 atom stereocenters. The molecule has 36 heavy (non-hydrogen) atoms. The van der Waals surface area contributed by atoms with Crippen LogP contribution in [0.4, 0.5) is 5.69 Å². The molecule has 4 aromatic carbocycles. The fourth-order valence-electron chi connectivity index (χ4n) is 4.40. The summed E-state index contributed by atoms with van der Waals surface area (Å²) >= 11 is 0. The second kappa shape index (κ2) is 10.9. The van der Waals surface area contributed by atoms with Gasteiger partial charge in [0.2, 0.25) is 0 Å². The number of aromatic nitrogens is 2. The number of ketones is 1. The van der Waals surface area contributed by atoms with E-state index in [1.807, 2.05) is 68.0 Å². The van der Waals surface area contributed by atoms with Crippen molar-refractivity contribution in [2.45, 2.75) is 26.4 Å². The van der Waals surface area contributed by atoms with Crippen molar-refractivity contribution in [3.8, 4) is 22.3 Å². The molecular formula is C32H29N3O. The van der Waals surface area contributed by atoms with E-state index in [1.54, 1.807) is 0 Å². The molecule has 0 saturated carbocycles. The number of Topliss-reactive ketones (excluding diaryl/α,β-unsaturated/α-hetero) is 1. The Hall–Kier alpha value is -4.44. The second-order valence-corrected chi connectivity index (χ2v) is 8.83. The topological polar surface area (TPSA) is 46.9 Å². The standard InChI is InChI=1S/C32H29N3O/c1-2-32(36)30-18-17-28(19-31(30)27-11-7-4-8-12-27)34-21-29-20-33-23-35(29)22-24-13-15-26(16-14-24)25-9-5-3-6-10-25/h3-20,23,34H,2,21-22H2,1H3. The second-order valence-electron chi connectivity index (χ2n) is 8.83. The minimum absolute atomic E-state index is 0.150. The van der Waals surface area contributed by atoms with Crippen LogP contribution in [0.25, 0.3) is 22.3 Å². The molecule has 5 rings (SSSR count). The zero-order valence-electron chi connectivity index (χ0n) is 20.4. The normalized spacial score (nSPS) is 10.8. The van der Waals surface area contributed by atoms with Crippen LogP contribution in [0.15, 0.2) is 116 Å². The summed E-state index contributed by atoms with van der Waals surface area (Å²) in [5.41, 5.74) is 8.49. The molecule has 4 heteroatoms. The first kappa shape index (κ1) is 23.3. The quantitative estimate of drug-likeness (QED) is 0.227. The highest BCUT2D eigenvalue weighted by atomic mass is 16.1. The van der Waals surface area contributed by atoms with E-state index < -0.39 is 0 Å². The van der Waals surface area contributed by atoms with Gasteiger partial charge in [-0.15, -0.1) is 0 Å². The molecule has 0 aliphatic rings. The average molecular weight is 472 g/mol. The lowest BCUT2D eigenvalue weighted by molar-refractivity contribution is 0.0989. The van der Waals surface area contributed by atoms with Crippen molar-refractivity contribution in [1.82, 2.24) is 9.55 Å². The Morgan fingerprint density at radius 2 is 1.47 bits per heavy atom. The predicted octanol–water partition coefficient (Wildman–Crippen LogP) is 7.47. The molecule has 0 aliphatic heterocycles. The molecule has 178 valence electrons. The number of carbonyl (C=O) groups excluding carboxylic acids is 1. The van der Waals surface area contributed by atoms with Crippen LogP contribution in [0, 0.1) is 0 Å². The highest BCUT2D eigenvalue weighted by molar-refractivity contribution is 6.02. The van der Waals surface area contributed by atoms with E-state index in [0.717, 1.165) is 34.6 Å². The molecule has 1 heterocycles. The van der Waals surface area contributed by atoms with Gasteiger partial charge in [0.05, 0.1) is 18.6 Å². The fourth-order valence-corrected chi connectivity index (χ4v) is 4.40. The Bertz CT molecular complexity index is 1440. The summed E-state index contributed by atoms with van der Waals surface area (Å²) in [4.78, 5) is 16.9. The SMILES string of the molecule is CCC(=O)c1ccc(NCc2cncn2Cc2ccc(-c3ccccc3)cc2)cc1-c1ccccc1. The number of nitrogens with zero attached hydrogens (tertiary/aromatic N) is 2. The molecule has 1 aromatic heterocycles. The van der Waals surface area contributed by atoms with E-state index >= 15 is 0 Å². The van der Waals surface area contributed by atoms with Gasteiger partial charge in [-0.2, -0.15) is 0 Å². The zero-order chi connectivity index (χ0) is 24.7. The number of hydrogen-bond donors (Lipinski definition) is 1. The fraction of sp³-hybridized carbons (Fsp3) is 0.125. The Morgan fingerprint density at radius 1 is 0.806 bits per heavy atom. The summed E-state index contributed by atoms with van der Waals surface area (Å²) in [7, 11) is 0. The smallest absolute Gasteiger partial charge is 0.163 e. The van der Waals surface area contributed by atoms with Gasteiger partial charge < -0.3 is 9.88 Å². The molecular weight excluding hydrogens is 442 g/mol. The molecule has 1 N–H and O–H groups in total.